The van der Waals surface area contributed by atoms with E-state index in [2.05, 4.69) is 10.1 Å². The lowest BCUT2D eigenvalue weighted by Crippen LogP contribution is -2.16. The Morgan fingerprint density at radius 1 is 1.53 bits per heavy atom. The Kier molecular flexibility index (Phi) is 6.45. The molecule has 2 N–H and O–H groups in total. The molecule has 1 unspecified atom stereocenters. The molecule has 0 saturated heterocycles. The van der Waals surface area contributed by atoms with Gasteiger partial charge < -0.3 is 15.2 Å². The summed E-state index contributed by atoms with van der Waals surface area (Å²) in [5.41, 5.74) is 0.711. The minimum atomic E-state index is -0.672. The Morgan fingerprint density at radius 2 is 2.26 bits per heavy atom. The van der Waals surface area contributed by atoms with Crippen molar-refractivity contribution in [2.75, 3.05) is 13.7 Å². The first-order valence-corrected chi connectivity index (χ1v) is 6.30. The summed E-state index contributed by atoms with van der Waals surface area (Å²) in [4.78, 5) is 11.2. The number of aliphatic hydroxyl groups is 1. The predicted molar refractivity (Wildman–Crippen MR) is 70.4 cm³/mol. The summed E-state index contributed by atoms with van der Waals surface area (Å²) in [7, 11) is 1.22. The molecular formula is C14H20FNO3. The average Bonchev–Trinajstić information content (AvgIpc) is 2.37. The molecule has 1 aromatic rings. The number of ether oxygens (including phenoxy) is 1. The van der Waals surface area contributed by atoms with E-state index in [1.165, 1.54) is 19.2 Å². The van der Waals surface area contributed by atoms with E-state index in [4.69, 9.17) is 5.11 Å². The molecule has 1 aromatic carbocycles. The van der Waals surface area contributed by atoms with Crippen LogP contribution in [0, 0.1) is 5.82 Å². The molecule has 0 saturated carbocycles. The van der Waals surface area contributed by atoms with Gasteiger partial charge in [-0.25, -0.2) is 9.18 Å². The van der Waals surface area contributed by atoms with Crippen LogP contribution in [0.1, 0.15) is 35.7 Å². The Bertz CT molecular complexity index is 421. The van der Waals surface area contributed by atoms with Gasteiger partial charge in [-0.1, -0.05) is 6.07 Å². The maximum atomic E-state index is 13.6. The van der Waals surface area contributed by atoms with Crippen LogP contribution in [0.2, 0.25) is 0 Å². The molecular weight excluding hydrogens is 249 g/mol. The van der Waals surface area contributed by atoms with Gasteiger partial charge >= 0.3 is 5.97 Å². The van der Waals surface area contributed by atoms with E-state index in [0.717, 1.165) is 24.9 Å². The summed E-state index contributed by atoms with van der Waals surface area (Å²) in [5, 5.41) is 12.2. The van der Waals surface area contributed by atoms with Gasteiger partial charge in [0.2, 0.25) is 0 Å². The van der Waals surface area contributed by atoms with Crippen molar-refractivity contribution in [1.82, 2.24) is 5.32 Å². The molecule has 0 heterocycles. The van der Waals surface area contributed by atoms with Crippen LogP contribution in [-0.2, 0) is 11.3 Å². The zero-order valence-electron chi connectivity index (χ0n) is 11.3. The molecule has 4 nitrogen and oxygen atoms in total. The standard InChI is InChI=1S/C14H20FNO3/c1-10(17)4-3-7-16-9-11-5-6-12(13(15)8-11)14(18)19-2/h5-6,8,10,16-17H,3-4,7,9H2,1-2H3. The second-order valence-electron chi connectivity index (χ2n) is 4.47. The molecule has 0 radical (unpaired) electrons. The Morgan fingerprint density at radius 3 is 2.84 bits per heavy atom. The van der Waals surface area contributed by atoms with Crippen molar-refractivity contribution in [3.8, 4) is 0 Å². The van der Waals surface area contributed by atoms with E-state index in [-0.39, 0.29) is 11.7 Å². The van der Waals surface area contributed by atoms with Gasteiger partial charge in [0.15, 0.2) is 0 Å². The molecule has 19 heavy (non-hydrogen) atoms. The van der Waals surface area contributed by atoms with E-state index in [1.807, 2.05) is 0 Å². The molecule has 0 aromatic heterocycles. The fraction of sp³-hybridized carbons (Fsp3) is 0.500. The summed E-state index contributed by atoms with van der Waals surface area (Å²) < 4.78 is 18.1. The van der Waals surface area contributed by atoms with Crippen molar-refractivity contribution in [1.29, 1.82) is 0 Å². The van der Waals surface area contributed by atoms with Crippen molar-refractivity contribution < 1.29 is 19.0 Å². The fourth-order valence-corrected chi connectivity index (χ4v) is 1.70. The van der Waals surface area contributed by atoms with E-state index in [9.17, 15) is 9.18 Å². The summed E-state index contributed by atoms with van der Waals surface area (Å²) in [6.07, 6.45) is 1.31. The quantitative estimate of drug-likeness (QED) is 0.586. The SMILES string of the molecule is COC(=O)c1ccc(CNCCCC(C)O)cc1F. The maximum absolute atomic E-state index is 13.6. The monoisotopic (exact) mass is 269 g/mol. The van der Waals surface area contributed by atoms with Gasteiger partial charge in [-0.2, -0.15) is 0 Å². The number of aliphatic hydroxyl groups excluding tert-OH is 1. The van der Waals surface area contributed by atoms with E-state index < -0.39 is 11.8 Å². The molecule has 1 atom stereocenters. The molecule has 0 aliphatic heterocycles. The van der Waals surface area contributed by atoms with Crippen LogP contribution < -0.4 is 5.32 Å². The molecule has 0 aliphatic carbocycles. The molecule has 106 valence electrons. The van der Waals surface area contributed by atoms with Crippen LogP contribution in [-0.4, -0.2) is 30.8 Å². The van der Waals surface area contributed by atoms with Gasteiger partial charge in [0.25, 0.3) is 0 Å². The van der Waals surface area contributed by atoms with Crippen LogP contribution in [0.25, 0.3) is 0 Å². The summed E-state index contributed by atoms with van der Waals surface area (Å²) >= 11 is 0. The number of methoxy groups -OCH3 is 1. The normalized spacial score (nSPS) is 12.2. The van der Waals surface area contributed by atoms with E-state index >= 15 is 0 Å². The average molecular weight is 269 g/mol. The van der Waals surface area contributed by atoms with Gasteiger partial charge in [-0.05, 0) is 44.0 Å². The summed E-state index contributed by atoms with van der Waals surface area (Å²) in [6.45, 7) is 3.03. The summed E-state index contributed by atoms with van der Waals surface area (Å²) in [6, 6.07) is 4.44. The first kappa shape index (κ1) is 15.6. The van der Waals surface area contributed by atoms with Crippen LogP contribution in [0.5, 0.6) is 0 Å². The lowest BCUT2D eigenvalue weighted by Gasteiger charge is -2.07. The number of rotatable bonds is 7. The Hall–Kier alpha value is -1.46. The van der Waals surface area contributed by atoms with Gasteiger partial charge in [-0.15, -0.1) is 0 Å². The Balaban J connectivity index is 2.43. The number of halogens is 1. The molecule has 0 aliphatic rings. The minimum Gasteiger partial charge on any atom is -0.465 e. The first-order chi connectivity index (χ1) is 9.04. The highest BCUT2D eigenvalue weighted by Crippen LogP contribution is 2.11. The number of benzene rings is 1. The third-order valence-electron chi connectivity index (χ3n) is 2.74. The molecule has 0 spiro atoms. The van der Waals surface area contributed by atoms with Crippen LogP contribution >= 0.6 is 0 Å². The second kappa shape index (κ2) is 7.86. The zero-order chi connectivity index (χ0) is 14.3. The third-order valence-corrected chi connectivity index (χ3v) is 2.74. The number of hydrogen-bond donors (Lipinski definition) is 2. The smallest absolute Gasteiger partial charge is 0.340 e. The van der Waals surface area contributed by atoms with Gasteiger partial charge in [-0.3, -0.25) is 0 Å². The lowest BCUT2D eigenvalue weighted by atomic mass is 10.1. The number of hydrogen-bond acceptors (Lipinski definition) is 4. The van der Waals surface area contributed by atoms with Crippen molar-refractivity contribution >= 4 is 5.97 Å². The van der Waals surface area contributed by atoms with E-state index in [1.54, 1.807) is 13.0 Å². The van der Waals surface area contributed by atoms with Gasteiger partial charge in [0.05, 0.1) is 18.8 Å². The zero-order valence-corrected chi connectivity index (χ0v) is 11.3. The molecule has 0 bridgehead atoms. The predicted octanol–water partition coefficient (Wildman–Crippen LogP) is 1.86. The molecule has 0 amide bonds. The van der Waals surface area contributed by atoms with Crippen molar-refractivity contribution in [2.45, 2.75) is 32.4 Å². The largest absolute Gasteiger partial charge is 0.465 e. The molecule has 1 rings (SSSR count). The van der Waals surface area contributed by atoms with Crippen LogP contribution in [0.4, 0.5) is 4.39 Å². The molecule has 5 heteroatoms. The van der Waals surface area contributed by atoms with E-state index in [0.29, 0.717) is 6.54 Å². The second-order valence-corrected chi connectivity index (χ2v) is 4.47. The topological polar surface area (TPSA) is 58.6 Å². The highest BCUT2D eigenvalue weighted by molar-refractivity contribution is 5.89. The number of carbonyl (C=O) groups is 1. The van der Waals surface area contributed by atoms with Gasteiger partial charge in [0.1, 0.15) is 5.82 Å². The number of nitrogens with one attached hydrogen (secondary N) is 1. The van der Waals surface area contributed by atoms with Crippen molar-refractivity contribution in [3.63, 3.8) is 0 Å². The number of carbonyl (C=O) groups excluding carboxylic acids is 1. The van der Waals surface area contributed by atoms with Crippen LogP contribution in [0.15, 0.2) is 18.2 Å². The Labute approximate surface area is 112 Å². The summed E-state index contributed by atoms with van der Waals surface area (Å²) in [5.74, 6) is -1.25. The highest BCUT2D eigenvalue weighted by atomic mass is 19.1. The molecule has 0 fully saturated rings. The highest BCUT2D eigenvalue weighted by Gasteiger charge is 2.11. The van der Waals surface area contributed by atoms with Gasteiger partial charge in [0, 0.05) is 6.54 Å². The van der Waals surface area contributed by atoms with Crippen molar-refractivity contribution in [2.24, 2.45) is 0 Å². The maximum Gasteiger partial charge on any atom is 0.340 e. The van der Waals surface area contributed by atoms with Crippen molar-refractivity contribution in [3.05, 3.63) is 35.1 Å². The fourth-order valence-electron chi connectivity index (χ4n) is 1.70. The minimum absolute atomic E-state index is 0.0552. The lowest BCUT2D eigenvalue weighted by molar-refractivity contribution is 0.0595. The van der Waals surface area contributed by atoms with Crippen LogP contribution in [0.3, 0.4) is 0 Å². The first-order valence-electron chi connectivity index (χ1n) is 6.30. The third kappa shape index (κ3) is 5.36. The number of esters is 1.